The maximum Gasteiger partial charge on any atom is 0.261 e. The minimum atomic E-state index is -0.996. The highest BCUT2D eigenvalue weighted by molar-refractivity contribution is 6.04. The normalized spacial score (nSPS) is 11.3. The average molecular weight is 290 g/mol. The molecular formula is C15H18N2O4. The van der Waals surface area contributed by atoms with E-state index >= 15 is 0 Å². The van der Waals surface area contributed by atoms with Gasteiger partial charge in [0.2, 0.25) is 12.3 Å². The highest BCUT2D eigenvalue weighted by atomic mass is 16.2. The molecule has 1 N–H and O–H groups in total. The van der Waals surface area contributed by atoms with Crippen molar-refractivity contribution in [3.05, 3.63) is 35.4 Å². The molecule has 0 radical (unpaired) electrons. The van der Waals surface area contributed by atoms with Gasteiger partial charge in [-0.25, -0.2) is 0 Å². The number of hydrogen-bond donors (Lipinski definition) is 1. The van der Waals surface area contributed by atoms with Crippen LogP contribution in [0.25, 0.3) is 0 Å². The smallest absolute Gasteiger partial charge is 0.261 e. The van der Waals surface area contributed by atoms with Crippen LogP contribution >= 0.6 is 0 Å². The summed E-state index contributed by atoms with van der Waals surface area (Å²) in [4.78, 5) is 46.9. The fraction of sp³-hybridized carbons (Fsp3) is 0.333. The van der Waals surface area contributed by atoms with Gasteiger partial charge in [0, 0.05) is 19.0 Å². The number of hydrogen-bond acceptors (Lipinski definition) is 4. The van der Waals surface area contributed by atoms with Crippen LogP contribution in [0.5, 0.6) is 0 Å². The van der Waals surface area contributed by atoms with Crippen LogP contribution in [-0.2, 0) is 14.4 Å². The second-order valence-electron chi connectivity index (χ2n) is 4.51. The first-order chi connectivity index (χ1) is 10.1. The predicted octanol–water partition coefficient (Wildman–Crippen LogP) is 0.687. The molecule has 1 atom stereocenters. The van der Waals surface area contributed by atoms with E-state index in [2.05, 4.69) is 5.32 Å². The molecule has 0 bridgehead atoms. The third-order valence-corrected chi connectivity index (χ3v) is 3.17. The van der Waals surface area contributed by atoms with Crippen molar-refractivity contribution in [2.75, 3.05) is 7.05 Å². The minimum Gasteiger partial charge on any atom is -0.357 e. The van der Waals surface area contributed by atoms with Gasteiger partial charge >= 0.3 is 0 Å². The highest BCUT2D eigenvalue weighted by Gasteiger charge is 2.29. The van der Waals surface area contributed by atoms with Crippen LogP contribution < -0.4 is 5.32 Å². The highest BCUT2D eigenvalue weighted by Crippen LogP contribution is 2.14. The number of amides is 3. The first-order valence-electron chi connectivity index (χ1n) is 6.55. The van der Waals surface area contributed by atoms with E-state index in [1.807, 2.05) is 0 Å². The van der Waals surface area contributed by atoms with Crippen LogP contribution in [0.2, 0.25) is 0 Å². The Labute approximate surface area is 123 Å². The zero-order chi connectivity index (χ0) is 15.8. The van der Waals surface area contributed by atoms with Gasteiger partial charge in [-0.05, 0) is 25.0 Å². The number of imide groups is 1. The Morgan fingerprint density at radius 1 is 1.29 bits per heavy atom. The van der Waals surface area contributed by atoms with Gasteiger partial charge in [-0.2, -0.15) is 0 Å². The number of likely N-dealkylation sites (N-methyl/N-ethyl adjacent to an activating group) is 1. The molecule has 112 valence electrons. The first-order valence-corrected chi connectivity index (χ1v) is 6.55. The zero-order valence-electron chi connectivity index (χ0n) is 12.0. The fourth-order valence-corrected chi connectivity index (χ4v) is 2.00. The van der Waals surface area contributed by atoms with Crippen molar-refractivity contribution in [2.24, 2.45) is 0 Å². The molecule has 6 heteroatoms. The third-order valence-electron chi connectivity index (χ3n) is 3.17. The molecule has 0 aliphatic carbocycles. The molecule has 0 aromatic heterocycles. The van der Waals surface area contributed by atoms with Crippen molar-refractivity contribution >= 4 is 24.5 Å². The maximum atomic E-state index is 12.4. The summed E-state index contributed by atoms with van der Waals surface area (Å²) in [6.07, 6.45) is 1.17. The molecule has 3 amide bonds. The number of aldehydes is 1. The Kier molecular flexibility index (Phi) is 6.26. The molecule has 0 spiro atoms. The number of aryl methyl sites for hydroxylation is 1. The van der Waals surface area contributed by atoms with Crippen LogP contribution in [0.15, 0.2) is 24.3 Å². The molecule has 0 heterocycles. The van der Waals surface area contributed by atoms with E-state index in [1.54, 1.807) is 31.2 Å². The number of benzene rings is 1. The number of carbonyl (C=O) groups is 4. The van der Waals surface area contributed by atoms with Gasteiger partial charge in [-0.3, -0.25) is 19.3 Å². The van der Waals surface area contributed by atoms with Crippen molar-refractivity contribution in [1.29, 1.82) is 0 Å². The van der Waals surface area contributed by atoms with Gasteiger partial charge in [0.25, 0.3) is 5.91 Å². The van der Waals surface area contributed by atoms with Gasteiger partial charge < -0.3 is 10.1 Å². The Balaban J connectivity index is 3.10. The van der Waals surface area contributed by atoms with E-state index in [4.69, 9.17) is 0 Å². The lowest BCUT2D eigenvalue weighted by Gasteiger charge is -2.25. The van der Waals surface area contributed by atoms with E-state index < -0.39 is 17.9 Å². The van der Waals surface area contributed by atoms with E-state index in [1.165, 1.54) is 7.05 Å². The van der Waals surface area contributed by atoms with Gasteiger partial charge in [0.05, 0.1) is 0 Å². The van der Waals surface area contributed by atoms with Crippen LogP contribution in [0.4, 0.5) is 0 Å². The standard InChI is InChI=1S/C15H18N2O4/c1-11-6-3-4-7-12(11)15(21)17(10-19)13(8-5-9-18)14(20)16-2/h3-4,6-7,9-10,13H,5,8H2,1-2H3,(H,16,20). The zero-order valence-corrected chi connectivity index (χ0v) is 12.0. The lowest BCUT2D eigenvalue weighted by atomic mass is 10.0. The quantitative estimate of drug-likeness (QED) is 0.749. The summed E-state index contributed by atoms with van der Waals surface area (Å²) in [5.41, 5.74) is 1.06. The summed E-state index contributed by atoms with van der Waals surface area (Å²) >= 11 is 0. The van der Waals surface area contributed by atoms with Gasteiger partial charge in [0.15, 0.2) is 0 Å². The van der Waals surface area contributed by atoms with Crippen LogP contribution in [0, 0.1) is 6.92 Å². The van der Waals surface area contributed by atoms with Crippen molar-refractivity contribution in [1.82, 2.24) is 10.2 Å². The number of carbonyl (C=O) groups excluding carboxylic acids is 4. The van der Waals surface area contributed by atoms with Crippen molar-refractivity contribution in [2.45, 2.75) is 25.8 Å². The minimum absolute atomic E-state index is 0.0868. The van der Waals surface area contributed by atoms with Gasteiger partial charge in [-0.1, -0.05) is 18.2 Å². The molecule has 1 unspecified atom stereocenters. The number of nitrogens with zero attached hydrogens (tertiary/aromatic N) is 1. The predicted molar refractivity (Wildman–Crippen MR) is 76.6 cm³/mol. The fourth-order valence-electron chi connectivity index (χ4n) is 2.00. The summed E-state index contributed by atoms with van der Waals surface area (Å²) in [5, 5.41) is 2.40. The molecule has 0 saturated heterocycles. The molecule has 1 aromatic carbocycles. The second-order valence-corrected chi connectivity index (χ2v) is 4.51. The van der Waals surface area contributed by atoms with Crippen molar-refractivity contribution < 1.29 is 19.2 Å². The first kappa shape index (κ1) is 16.6. The van der Waals surface area contributed by atoms with Gasteiger partial charge in [-0.15, -0.1) is 0 Å². The SMILES string of the molecule is CNC(=O)C(CCC=O)N(C=O)C(=O)c1ccccc1C. The molecule has 21 heavy (non-hydrogen) atoms. The molecular weight excluding hydrogens is 272 g/mol. The molecule has 0 fully saturated rings. The molecule has 0 aliphatic rings. The monoisotopic (exact) mass is 290 g/mol. The second kappa shape index (κ2) is 7.94. The molecule has 1 aromatic rings. The molecule has 0 aliphatic heterocycles. The van der Waals surface area contributed by atoms with E-state index in [0.717, 1.165) is 4.90 Å². The van der Waals surface area contributed by atoms with Crippen LogP contribution in [-0.4, -0.2) is 42.5 Å². The third kappa shape index (κ3) is 3.98. The van der Waals surface area contributed by atoms with Crippen LogP contribution in [0.1, 0.15) is 28.8 Å². The average Bonchev–Trinajstić information content (AvgIpc) is 2.50. The lowest BCUT2D eigenvalue weighted by Crippen LogP contribution is -2.48. The Morgan fingerprint density at radius 2 is 1.95 bits per heavy atom. The summed E-state index contributed by atoms with van der Waals surface area (Å²) in [6.45, 7) is 1.75. The van der Waals surface area contributed by atoms with Crippen LogP contribution in [0.3, 0.4) is 0 Å². The molecule has 6 nitrogen and oxygen atoms in total. The van der Waals surface area contributed by atoms with E-state index in [0.29, 0.717) is 23.8 Å². The topological polar surface area (TPSA) is 83.6 Å². The summed E-state index contributed by atoms with van der Waals surface area (Å²) in [5.74, 6) is -1.03. The Bertz CT molecular complexity index is 542. The van der Waals surface area contributed by atoms with E-state index in [-0.39, 0.29) is 12.8 Å². The van der Waals surface area contributed by atoms with Gasteiger partial charge in [0.1, 0.15) is 12.3 Å². The lowest BCUT2D eigenvalue weighted by molar-refractivity contribution is -0.131. The Morgan fingerprint density at radius 3 is 2.48 bits per heavy atom. The van der Waals surface area contributed by atoms with E-state index in [9.17, 15) is 19.2 Å². The largest absolute Gasteiger partial charge is 0.357 e. The summed E-state index contributed by atoms with van der Waals surface area (Å²) < 4.78 is 0. The van der Waals surface area contributed by atoms with Crippen molar-refractivity contribution in [3.8, 4) is 0 Å². The molecule has 1 rings (SSSR count). The number of nitrogens with one attached hydrogen (secondary N) is 1. The maximum absolute atomic E-state index is 12.4. The summed E-state index contributed by atoms with van der Waals surface area (Å²) in [6, 6.07) is 5.80. The van der Waals surface area contributed by atoms with Crippen molar-refractivity contribution in [3.63, 3.8) is 0 Å². The summed E-state index contributed by atoms with van der Waals surface area (Å²) in [7, 11) is 1.41. The molecule has 0 saturated carbocycles. The number of rotatable bonds is 7. The Hall–Kier alpha value is -2.50.